The van der Waals surface area contributed by atoms with Crippen LogP contribution in [-0.4, -0.2) is 25.8 Å². The lowest BCUT2D eigenvalue weighted by atomic mass is 9.81. The van der Waals surface area contributed by atoms with Crippen LogP contribution in [0.1, 0.15) is 17.3 Å². The van der Waals surface area contributed by atoms with Crippen molar-refractivity contribution in [1.82, 2.24) is 14.8 Å². The molecule has 110 valence electrons. The number of aromatic nitrogens is 3. The van der Waals surface area contributed by atoms with E-state index in [0.29, 0.717) is 11.4 Å². The van der Waals surface area contributed by atoms with E-state index < -0.39 is 29.4 Å². The largest absolute Gasteiger partial charge is 0.481 e. The van der Waals surface area contributed by atoms with Gasteiger partial charge in [0.1, 0.15) is 17.5 Å². The van der Waals surface area contributed by atoms with E-state index in [9.17, 15) is 18.7 Å². The first-order valence-corrected chi connectivity index (χ1v) is 6.32. The number of benzene rings is 1. The van der Waals surface area contributed by atoms with Crippen LogP contribution in [0, 0.1) is 17.6 Å². The molecule has 6 nitrogen and oxygen atoms in total. The highest BCUT2D eigenvalue weighted by Gasteiger charge is 2.36. The zero-order chi connectivity index (χ0) is 15.1. The van der Waals surface area contributed by atoms with Crippen molar-refractivity contribution in [1.29, 1.82) is 0 Å². The first-order chi connectivity index (χ1) is 9.94. The van der Waals surface area contributed by atoms with Gasteiger partial charge >= 0.3 is 5.97 Å². The molecule has 0 bridgehead atoms. The second-order valence-corrected chi connectivity index (χ2v) is 5.03. The highest BCUT2D eigenvalue weighted by molar-refractivity contribution is 5.72. The van der Waals surface area contributed by atoms with Crippen molar-refractivity contribution < 1.29 is 18.7 Å². The zero-order valence-corrected chi connectivity index (χ0v) is 10.8. The maximum atomic E-state index is 13.4. The van der Waals surface area contributed by atoms with Gasteiger partial charge in [-0.2, -0.15) is 4.98 Å². The number of aliphatic carboxylic acids is 1. The number of rotatable bonds is 2. The topological polar surface area (TPSA) is 94.0 Å². The minimum Gasteiger partial charge on any atom is -0.481 e. The van der Waals surface area contributed by atoms with Crippen LogP contribution in [0.5, 0.6) is 0 Å². The lowest BCUT2D eigenvalue weighted by molar-refractivity contribution is -0.143. The third kappa shape index (κ3) is 2.44. The minimum absolute atomic E-state index is 0.0558. The van der Waals surface area contributed by atoms with Gasteiger partial charge in [0.2, 0.25) is 5.95 Å². The number of halogens is 2. The molecule has 2 atom stereocenters. The smallest absolute Gasteiger partial charge is 0.307 e. The summed E-state index contributed by atoms with van der Waals surface area (Å²) < 4.78 is 28.2. The fourth-order valence-corrected chi connectivity index (χ4v) is 2.73. The Kier molecular flexibility index (Phi) is 3.08. The van der Waals surface area contributed by atoms with Crippen LogP contribution in [0.2, 0.25) is 0 Å². The number of hydrogen-bond donors (Lipinski definition) is 2. The predicted octanol–water partition coefficient (Wildman–Crippen LogP) is 1.18. The Hall–Kier alpha value is -2.51. The van der Waals surface area contributed by atoms with E-state index in [2.05, 4.69) is 10.1 Å². The van der Waals surface area contributed by atoms with Gasteiger partial charge in [0.25, 0.3) is 0 Å². The van der Waals surface area contributed by atoms with Crippen LogP contribution in [-0.2, 0) is 17.8 Å². The molecule has 0 saturated heterocycles. The van der Waals surface area contributed by atoms with Gasteiger partial charge < -0.3 is 10.8 Å². The summed E-state index contributed by atoms with van der Waals surface area (Å²) in [7, 11) is 0. The summed E-state index contributed by atoms with van der Waals surface area (Å²) in [5.74, 6) is -3.43. The van der Waals surface area contributed by atoms with Crippen LogP contribution in [0.25, 0.3) is 0 Å². The number of nitrogens with zero attached hydrogens (tertiary/aromatic N) is 3. The normalized spacial score (nSPS) is 21.0. The molecule has 3 rings (SSSR count). The van der Waals surface area contributed by atoms with Crippen LogP contribution in [0.3, 0.4) is 0 Å². The highest BCUT2D eigenvalue weighted by atomic mass is 19.1. The number of nitrogens with two attached hydrogens (primary N) is 1. The minimum atomic E-state index is -1.04. The van der Waals surface area contributed by atoms with E-state index in [1.165, 1.54) is 4.68 Å². The molecule has 2 unspecified atom stereocenters. The Balaban J connectivity index is 2.04. The summed E-state index contributed by atoms with van der Waals surface area (Å²) >= 11 is 0. The molecule has 21 heavy (non-hydrogen) atoms. The fourth-order valence-electron chi connectivity index (χ4n) is 2.73. The monoisotopic (exact) mass is 294 g/mol. The van der Waals surface area contributed by atoms with Crippen molar-refractivity contribution in [3.8, 4) is 0 Å². The van der Waals surface area contributed by atoms with Crippen LogP contribution in [0.15, 0.2) is 18.2 Å². The van der Waals surface area contributed by atoms with Crippen LogP contribution in [0.4, 0.5) is 14.7 Å². The molecule has 0 spiro atoms. The standard InChI is InChI=1S/C13H12F2N4O2/c14-7-1-6(2-8(15)3-7)10-5-19-11(17-13(16)18-19)4-9(10)12(20)21/h1-3,9-10H,4-5H2,(H2,16,18)(H,20,21). The zero-order valence-electron chi connectivity index (χ0n) is 10.8. The van der Waals surface area contributed by atoms with Gasteiger partial charge in [0.05, 0.1) is 12.5 Å². The summed E-state index contributed by atoms with van der Waals surface area (Å²) in [5.41, 5.74) is 5.79. The summed E-state index contributed by atoms with van der Waals surface area (Å²) in [6.45, 7) is 0.166. The van der Waals surface area contributed by atoms with Gasteiger partial charge in [-0.1, -0.05) is 0 Å². The van der Waals surface area contributed by atoms with Crippen LogP contribution >= 0.6 is 0 Å². The van der Waals surface area contributed by atoms with Crippen LogP contribution < -0.4 is 5.73 Å². The summed E-state index contributed by atoms with van der Waals surface area (Å²) in [5, 5.41) is 13.3. The van der Waals surface area contributed by atoms with E-state index in [1.54, 1.807) is 0 Å². The van der Waals surface area contributed by atoms with Crippen molar-refractivity contribution in [2.24, 2.45) is 5.92 Å². The summed E-state index contributed by atoms with van der Waals surface area (Å²) in [6, 6.07) is 3.05. The molecule has 1 aliphatic heterocycles. The number of hydrogen-bond acceptors (Lipinski definition) is 4. The van der Waals surface area contributed by atoms with E-state index in [0.717, 1.165) is 18.2 Å². The molecule has 2 aromatic rings. The lowest BCUT2D eigenvalue weighted by Gasteiger charge is -2.29. The van der Waals surface area contributed by atoms with Gasteiger partial charge in [0, 0.05) is 18.4 Å². The molecular formula is C13H12F2N4O2. The van der Waals surface area contributed by atoms with Crippen molar-refractivity contribution in [2.75, 3.05) is 5.73 Å². The van der Waals surface area contributed by atoms with Gasteiger partial charge in [0.15, 0.2) is 0 Å². The van der Waals surface area contributed by atoms with Crippen molar-refractivity contribution >= 4 is 11.9 Å². The SMILES string of the molecule is Nc1nc2n(n1)CC(c1cc(F)cc(F)c1)C(C(=O)O)C2. The Bertz CT molecular complexity index is 696. The van der Waals surface area contributed by atoms with Gasteiger partial charge in [-0.15, -0.1) is 5.10 Å². The van der Waals surface area contributed by atoms with Crippen molar-refractivity contribution in [2.45, 2.75) is 18.9 Å². The molecule has 0 amide bonds. The number of carboxylic acids is 1. The molecule has 1 aromatic carbocycles. The van der Waals surface area contributed by atoms with E-state index >= 15 is 0 Å². The van der Waals surface area contributed by atoms with Gasteiger partial charge in [-0.25, -0.2) is 13.5 Å². The Morgan fingerprint density at radius 1 is 1.33 bits per heavy atom. The number of anilines is 1. The highest BCUT2D eigenvalue weighted by Crippen LogP contribution is 2.34. The molecular weight excluding hydrogens is 282 g/mol. The average molecular weight is 294 g/mol. The molecule has 0 fully saturated rings. The second-order valence-electron chi connectivity index (χ2n) is 5.03. The quantitative estimate of drug-likeness (QED) is 0.867. The average Bonchev–Trinajstić information content (AvgIpc) is 2.75. The Labute approximate surface area is 118 Å². The second kappa shape index (κ2) is 4.80. The molecule has 0 aliphatic carbocycles. The first kappa shape index (κ1) is 13.5. The Morgan fingerprint density at radius 2 is 2.00 bits per heavy atom. The molecule has 1 aromatic heterocycles. The molecule has 2 heterocycles. The number of carboxylic acid groups (broad SMARTS) is 1. The van der Waals surface area contributed by atoms with Crippen molar-refractivity contribution in [3.63, 3.8) is 0 Å². The molecule has 3 N–H and O–H groups in total. The number of fused-ring (bicyclic) bond motifs is 1. The van der Waals surface area contributed by atoms with E-state index in [1.807, 2.05) is 0 Å². The third-order valence-corrected chi connectivity index (χ3v) is 3.65. The molecule has 0 saturated carbocycles. The van der Waals surface area contributed by atoms with E-state index in [4.69, 9.17) is 5.73 Å². The van der Waals surface area contributed by atoms with E-state index in [-0.39, 0.29) is 18.9 Å². The third-order valence-electron chi connectivity index (χ3n) is 3.65. The van der Waals surface area contributed by atoms with Gasteiger partial charge in [-0.05, 0) is 17.7 Å². The molecule has 1 aliphatic rings. The maximum absolute atomic E-state index is 13.4. The maximum Gasteiger partial charge on any atom is 0.307 e. The lowest BCUT2D eigenvalue weighted by Crippen LogP contribution is -2.33. The fraction of sp³-hybridized carbons (Fsp3) is 0.308. The molecule has 8 heteroatoms. The first-order valence-electron chi connectivity index (χ1n) is 6.32. The molecule has 0 radical (unpaired) electrons. The summed E-state index contributed by atoms with van der Waals surface area (Å²) in [4.78, 5) is 15.4. The van der Waals surface area contributed by atoms with Gasteiger partial charge in [-0.3, -0.25) is 4.79 Å². The summed E-state index contributed by atoms with van der Waals surface area (Å²) in [6.07, 6.45) is 0.113. The Morgan fingerprint density at radius 3 is 2.62 bits per heavy atom. The number of carbonyl (C=O) groups is 1. The number of nitrogen functional groups attached to an aromatic ring is 1. The van der Waals surface area contributed by atoms with Crippen molar-refractivity contribution in [3.05, 3.63) is 41.2 Å². The predicted molar refractivity (Wildman–Crippen MR) is 68.4 cm³/mol.